The van der Waals surface area contributed by atoms with Crippen LogP contribution in [0.4, 0.5) is 4.39 Å². The molecule has 1 amide bonds. The van der Waals surface area contributed by atoms with Crippen LogP contribution in [0.5, 0.6) is 0 Å². The third-order valence-electron chi connectivity index (χ3n) is 3.08. The minimum absolute atomic E-state index is 0. The summed E-state index contributed by atoms with van der Waals surface area (Å²) in [6, 6.07) is 4.61. The quantitative estimate of drug-likeness (QED) is 0.879. The van der Waals surface area contributed by atoms with Gasteiger partial charge in [0.2, 0.25) is 5.91 Å². The maximum absolute atomic E-state index is 13.5. The van der Waals surface area contributed by atoms with Crippen molar-refractivity contribution in [2.75, 3.05) is 6.54 Å². The van der Waals surface area contributed by atoms with Gasteiger partial charge in [0.05, 0.1) is 6.04 Å². The fraction of sp³-hybridized carbons (Fsp3) is 0.462. The summed E-state index contributed by atoms with van der Waals surface area (Å²) in [5.41, 5.74) is 0.571. The number of halogens is 3. The van der Waals surface area contributed by atoms with Crippen molar-refractivity contribution in [3.05, 3.63) is 34.1 Å². The Morgan fingerprint density at radius 3 is 3.00 bits per heavy atom. The van der Waals surface area contributed by atoms with Crippen molar-refractivity contribution in [3.63, 3.8) is 0 Å². The summed E-state index contributed by atoms with van der Waals surface area (Å²) in [5, 5.41) is 5.98. The molecule has 0 aromatic heterocycles. The maximum atomic E-state index is 13.5. The standard InChI is InChI=1S/C13H16BrFN2O.ClH/c14-10-4-5-11(15)9(7-10)8-17-12-3-1-2-6-16-13(12)18;/h4-5,7,12,17H,1-3,6,8H2,(H,16,18);1H. The first-order valence-corrected chi connectivity index (χ1v) is 6.91. The van der Waals surface area contributed by atoms with Gasteiger partial charge in [-0.2, -0.15) is 0 Å². The zero-order valence-corrected chi connectivity index (χ0v) is 12.8. The van der Waals surface area contributed by atoms with Gasteiger partial charge in [-0.15, -0.1) is 12.4 Å². The molecule has 1 heterocycles. The van der Waals surface area contributed by atoms with E-state index in [1.165, 1.54) is 6.07 Å². The predicted octanol–water partition coefficient (Wildman–Crippen LogP) is 2.77. The molecular formula is C13H17BrClFN2O. The fourth-order valence-electron chi connectivity index (χ4n) is 2.05. The van der Waals surface area contributed by atoms with Gasteiger partial charge in [-0.05, 0) is 37.5 Å². The molecule has 1 unspecified atom stereocenters. The van der Waals surface area contributed by atoms with Gasteiger partial charge in [0.1, 0.15) is 5.82 Å². The monoisotopic (exact) mass is 350 g/mol. The Balaban J connectivity index is 0.00000180. The molecule has 0 bridgehead atoms. The van der Waals surface area contributed by atoms with Gasteiger partial charge in [-0.3, -0.25) is 4.79 Å². The smallest absolute Gasteiger partial charge is 0.237 e. The molecule has 1 fully saturated rings. The molecule has 0 aliphatic carbocycles. The molecule has 3 nitrogen and oxygen atoms in total. The highest BCUT2D eigenvalue weighted by molar-refractivity contribution is 9.10. The third kappa shape index (κ3) is 4.75. The maximum Gasteiger partial charge on any atom is 0.237 e. The normalized spacial score (nSPS) is 19.3. The Bertz CT molecular complexity index is 445. The highest BCUT2D eigenvalue weighted by Crippen LogP contribution is 2.16. The first-order valence-electron chi connectivity index (χ1n) is 6.12. The van der Waals surface area contributed by atoms with Crippen LogP contribution in [0.3, 0.4) is 0 Å². The number of nitrogens with one attached hydrogen (secondary N) is 2. The first kappa shape index (κ1) is 16.4. The number of benzene rings is 1. The number of hydrogen-bond donors (Lipinski definition) is 2. The highest BCUT2D eigenvalue weighted by Gasteiger charge is 2.20. The summed E-state index contributed by atoms with van der Waals surface area (Å²) in [6.45, 7) is 1.10. The van der Waals surface area contributed by atoms with Crippen molar-refractivity contribution < 1.29 is 9.18 Å². The molecule has 1 saturated heterocycles. The van der Waals surface area contributed by atoms with E-state index in [0.29, 0.717) is 12.1 Å². The lowest BCUT2D eigenvalue weighted by atomic mass is 10.1. The van der Waals surface area contributed by atoms with E-state index in [0.717, 1.165) is 30.3 Å². The molecular weight excluding hydrogens is 335 g/mol. The molecule has 1 atom stereocenters. The van der Waals surface area contributed by atoms with Gasteiger partial charge in [0.15, 0.2) is 0 Å². The molecule has 1 aliphatic rings. The Morgan fingerprint density at radius 2 is 2.21 bits per heavy atom. The molecule has 2 rings (SSSR count). The van der Waals surface area contributed by atoms with Crippen LogP contribution in [0, 0.1) is 5.82 Å². The van der Waals surface area contributed by atoms with Crippen molar-refractivity contribution >= 4 is 34.2 Å². The van der Waals surface area contributed by atoms with Crippen molar-refractivity contribution in [1.82, 2.24) is 10.6 Å². The Kier molecular flexibility index (Phi) is 6.75. The SMILES string of the molecule is Cl.O=C1NCCCCC1NCc1cc(Br)ccc1F. The van der Waals surface area contributed by atoms with E-state index < -0.39 is 0 Å². The lowest BCUT2D eigenvalue weighted by molar-refractivity contribution is -0.122. The zero-order valence-electron chi connectivity index (χ0n) is 10.4. The van der Waals surface area contributed by atoms with Crippen molar-refractivity contribution in [3.8, 4) is 0 Å². The van der Waals surface area contributed by atoms with Crippen molar-refractivity contribution in [1.29, 1.82) is 0 Å². The Hall–Kier alpha value is -0.650. The van der Waals surface area contributed by atoms with Gasteiger partial charge in [-0.1, -0.05) is 15.9 Å². The van der Waals surface area contributed by atoms with E-state index in [1.807, 2.05) is 0 Å². The topological polar surface area (TPSA) is 41.1 Å². The summed E-state index contributed by atoms with van der Waals surface area (Å²) in [6.07, 6.45) is 2.83. The minimum atomic E-state index is -0.250. The van der Waals surface area contributed by atoms with Crippen LogP contribution in [0.25, 0.3) is 0 Å². The number of hydrogen-bond acceptors (Lipinski definition) is 2. The number of carbonyl (C=O) groups is 1. The van der Waals surface area contributed by atoms with E-state index in [9.17, 15) is 9.18 Å². The van der Waals surface area contributed by atoms with Gasteiger partial charge in [-0.25, -0.2) is 4.39 Å². The van der Waals surface area contributed by atoms with Crippen LogP contribution in [-0.2, 0) is 11.3 Å². The molecule has 0 radical (unpaired) electrons. The highest BCUT2D eigenvalue weighted by atomic mass is 79.9. The second-order valence-corrected chi connectivity index (χ2v) is 5.37. The second kappa shape index (κ2) is 7.82. The summed E-state index contributed by atoms with van der Waals surface area (Å²) in [7, 11) is 0. The third-order valence-corrected chi connectivity index (χ3v) is 3.58. The van der Waals surface area contributed by atoms with E-state index in [2.05, 4.69) is 26.6 Å². The average Bonchev–Trinajstić information content (AvgIpc) is 2.55. The van der Waals surface area contributed by atoms with Crippen molar-refractivity contribution in [2.24, 2.45) is 0 Å². The number of carbonyl (C=O) groups excluding carboxylic acids is 1. The second-order valence-electron chi connectivity index (χ2n) is 4.46. The molecule has 2 N–H and O–H groups in total. The molecule has 106 valence electrons. The van der Waals surface area contributed by atoms with Crippen LogP contribution in [0.1, 0.15) is 24.8 Å². The average molecular weight is 352 g/mol. The summed E-state index contributed by atoms with van der Waals surface area (Å²) in [4.78, 5) is 11.7. The predicted molar refractivity (Wildman–Crippen MR) is 78.8 cm³/mol. The van der Waals surface area contributed by atoms with Crippen LogP contribution >= 0.6 is 28.3 Å². The largest absolute Gasteiger partial charge is 0.355 e. The fourth-order valence-corrected chi connectivity index (χ4v) is 2.45. The summed E-state index contributed by atoms with van der Waals surface area (Å²) in [5.74, 6) is -0.234. The summed E-state index contributed by atoms with van der Waals surface area (Å²) >= 11 is 3.31. The summed E-state index contributed by atoms with van der Waals surface area (Å²) < 4.78 is 14.4. The van der Waals surface area contributed by atoms with Crippen LogP contribution in [0.15, 0.2) is 22.7 Å². The first-order chi connectivity index (χ1) is 8.66. The number of rotatable bonds is 3. The van der Waals surface area contributed by atoms with E-state index in [4.69, 9.17) is 0 Å². The molecule has 0 saturated carbocycles. The molecule has 6 heteroatoms. The lowest BCUT2D eigenvalue weighted by Gasteiger charge is -2.15. The minimum Gasteiger partial charge on any atom is -0.355 e. The van der Waals surface area contributed by atoms with Gasteiger partial charge in [0, 0.05) is 23.1 Å². The molecule has 1 aromatic rings. The molecule has 1 aromatic carbocycles. The van der Waals surface area contributed by atoms with E-state index in [1.54, 1.807) is 12.1 Å². The van der Waals surface area contributed by atoms with Crippen LogP contribution in [0.2, 0.25) is 0 Å². The molecule has 0 spiro atoms. The molecule has 19 heavy (non-hydrogen) atoms. The van der Waals surface area contributed by atoms with Crippen molar-refractivity contribution in [2.45, 2.75) is 31.8 Å². The van der Waals surface area contributed by atoms with Crippen LogP contribution in [-0.4, -0.2) is 18.5 Å². The van der Waals surface area contributed by atoms with Gasteiger partial charge >= 0.3 is 0 Å². The van der Waals surface area contributed by atoms with Crippen LogP contribution < -0.4 is 10.6 Å². The Morgan fingerprint density at radius 1 is 1.42 bits per heavy atom. The van der Waals surface area contributed by atoms with Gasteiger partial charge in [0.25, 0.3) is 0 Å². The lowest BCUT2D eigenvalue weighted by Crippen LogP contribution is -2.42. The molecule has 1 aliphatic heterocycles. The van der Waals surface area contributed by atoms with Gasteiger partial charge < -0.3 is 10.6 Å². The number of amides is 1. The van der Waals surface area contributed by atoms with E-state index >= 15 is 0 Å². The zero-order chi connectivity index (χ0) is 13.0. The van der Waals surface area contributed by atoms with E-state index in [-0.39, 0.29) is 30.2 Å². The Labute approximate surface area is 126 Å².